The molecule has 0 radical (unpaired) electrons. The summed E-state index contributed by atoms with van der Waals surface area (Å²) in [7, 11) is -3.85. The summed E-state index contributed by atoms with van der Waals surface area (Å²) in [6, 6.07) is 10.1. The quantitative estimate of drug-likeness (QED) is 0.643. The molecular formula is C19H20N2O4S. The molecule has 0 unspecified atom stereocenters. The molecule has 2 aromatic heterocycles. The van der Waals surface area contributed by atoms with Gasteiger partial charge in [0.15, 0.2) is 0 Å². The van der Waals surface area contributed by atoms with Crippen LogP contribution in [0.5, 0.6) is 0 Å². The van der Waals surface area contributed by atoms with E-state index in [-0.39, 0.29) is 23.5 Å². The number of pyridine rings is 1. The summed E-state index contributed by atoms with van der Waals surface area (Å²) in [5.41, 5.74) is 3.37. The Morgan fingerprint density at radius 2 is 1.73 bits per heavy atom. The maximum absolute atomic E-state index is 12.6. The van der Waals surface area contributed by atoms with Crippen molar-refractivity contribution in [3.8, 4) is 0 Å². The number of aromatic nitrogens is 2. The standard InChI is InChI=1S/C19H20N2O4S/c1-13-4-6-16(7-5-13)26(23,24)25-11-9-17-15(3)20-18-12-14(2)8-10-21(18)19(17)22/h4-8,10,12H,9,11H2,1-3H3. The third-order valence-electron chi connectivity index (χ3n) is 4.19. The van der Waals surface area contributed by atoms with E-state index in [9.17, 15) is 13.2 Å². The van der Waals surface area contributed by atoms with Gasteiger partial charge in [-0.05, 0) is 50.6 Å². The van der Waals surface area contributed by atoms with Crippen LogP contribution in [0.4, 0.5) is 0 Å². The first-order valence-corrected chi connectivity index (χ1v) is 9.63. The van der Waals surface area contributed by atoms with E-state index in [1.807, 2.05) is 26.0 Å². The van der Waals surface area contributed by atoms with Crippen molar-refractivity contribution < 1.29 is 12.6 Å². The van der Waals surface area contributed by atoms with Crippen LogP contribution in [-0.2, 0) is 20.7 Å². The molecule has 0 aliphatic carbocycles. The van der Waals surface area contributed by atoms with Gasteiger partial charge in [0.25, 0.3) is 15.7 Å². The van der Waals surface area contributed by atoms with Crippen molar-refractivity contribution in [2.24, 2.45) is 0 Å². The Labute approximate surface area is 152 Å². The molecule has 0 spiro atoms. The largest absolute Gasteiger partial charge is 0.296 e. The molecule has 0 aliphatic rings. The van der Waals surface area contributed by atoms with Gasteiger partial charge in [-0.1, -0.05) is 17.7 Å². The van der Waals surface area contributed by atoms with E-state index in [4.69, 9.17) is 4.18 Å². The minimum Gasteiger partial charge on any atom is -0.269 e. The highest BCUT2D eigenvalue weighted by atomic mass is 32.2. The zero-order valence-electron chi connectivity index (χ0n) is 14.9. The van der Waals surface area contributed by atoms with Gasteiger partial charge < -0.3 is 0 Å². The van der Waals surface area contributed by atoms with Gasteiger partial charge in [-0.25, -0.2) is 4.98 Å². The zero-order valence-corrected chi connectivity index (χ0v) is 15.7. The van der Waals surface area contributed by atoms with Gasteiger partial charge >= 0.3 is 0 Å². The van der Waals surface area contributed by atoms with E-state index in [2.05, 4.69) is 4.98 Å². The lowest BCUT2D eigenvalue weighted by Gasteiger charge is -2.09. The molecule has 0 amide bonds. The van der Waals surface area contributed by atoms with Crippen molar-refractivity contribution in [3.63, 3.8) is 0 Å². The average molecular weight is 372 g/mol. The third kappa shape index (κ3) is 3.68. The number of nitrogens with zero attached hydrogens (tertiary/aromatic N) is 2. The number of rotatable bonds is 5. The third-order valence-corrected chi connectivity index (χ3v) is 5.51. The second-order valence-electron chi connectivity index (χ2n) is 6.25. The maximum atomic E-state index is 12.6. The summed E-state index contributed by atoms with van der Waals surface area (Å²) < 4.78 is 31.0. The van der Waals surface area contributed by atoms with E-state index in [1.54, 1.807) is 25.3 Å². The summed E-state index contributed by atoms with van der Waals surface area (Å²) in [6.45, 7) is 5.43. The van der Waals surface area contributed by atoms with Crippen molar-refractivity contribution in [1.29, 1.82) is 0 Å². The van der Waals surface area contributed by atoms with Crippen LogP contribution in [0.2, 0.25) is 0 Å². The van der Waals surface area contributed by atoms with E-state index < -0.39 is 10.1 Å². The topological polar surface area (TPSA) is 77.7 Å². The molecular weight excluding hydrogens is 352 g/mol. The summed E-state index contributed by atoms with van der Waals surface area (Å²) in [5.74, 6) is 0. The van der Waals surface area contributed by atoms with E-state index in [0.29, 0.717) is 16.9 Å². The highest BCUT2D eigenvalue weighted by molar-refractivity contribution is 7.86. The van der Waals surface area contributed by atoms with Gasteiger partial charge in [0.1, 0.15) is 5.65 Å². The van der Waals surface area contributed by atoms with Gasteiger partial charge in [0.05, 0.1) is 11.5 Å². The fourth-order valence-electron chi connectivity index (χ4n) is 2.70. The molecule has 136 valence electrons. The number of hydrogen-bond donors (Lipinski definition) is 0. The minimum absolute atomic E-state index is 0.101. The van der Waals surface area contributed by atoms with Crippen LogP contribution in [0.3, 0.4) is 0 Å². The number of hydrogen-bond acceptors (Lipinski definition) is 5. The fraction of sp³-hybridized carbons (Fsp3) is 0.263. The van der Waals surface area contributed by atoms with Gasteiger partial charge in [-0.3, -0.25) is 13.4 Å². The van der Waals surface area contributed by atoms with Crippen molar-refractivity contribution >= 4 is 15.8 Å². The fourth-order valence-corrected chi connectivity index (χ4v) is 3.61. The van der Waals surface area contributed by atoms with Crippen molar-refractivity contribution in [2.75, 3.05) is 6.61 Å². The molecule has 1 aromatic carbocycles. The number of benzene rings is 1. The van der Waals surface area contributed by atoms with E-state index >= 15 is 0 Å². The van der Waals surface area contributed by atoms with Crippen LogP contribution in [0, 0.1) is 20.8 Å². The molecule has 0 aliphatic heterocycles. The molecule has 7 heteroatoms. The normalized spacial score (nSPS) is 11.8. The Bertz CT molecular complexity index is 1120. The highest BCUT2D eigenvalue weighted by Gasteiger charge is 2.16. The zero-order chi connectivity index (χ0) is 18.9. The highest BCUT2D eigenvalue weighted by Crippen LogP contribution is 2.14. The Morgan fingerprint density at radius 3 is 2.42 bits per heavy atom. The van der Waals surface area contributed by atoms with Crippen LogP contribution in [0.15, 0.2) is 52.3 Å². The Morgan fingerprint density at radius 1 is 1.04 bits per heavy atom. The first-order valence-electron chi connectivity index (χ1n) is 8.22. The second kappa shape index (κ2) is 7.01. The van der Waals surface area contributed by atoms with Gasteiger partial charge in [-0.15, -0.1) is 0 Å². The summed E-state index contributed by atoms with van der Waals surface area (Å²) in [5, 5.41) is 0. The van der Waals surface area contributed by atoms with Crippen LogP contribution in [0.25, 0.3) is 5.65 Å². The number of aryl methyl sites for hydroxylation is 3. The molecule has 3 aromatic rings. The van der Waals surface area contributed by atoms with Crippen LogP contribution in [-0.4, -0.2) is 24.4 Å². The van der Waals surface area contributed by atoms with Gasteiger partial charge in [0, 0.05) is 23.9 Å². The molecule has 0 saturated heterocycles. The van der Waals surface area contributed by atoms with Crippen molar-refractivity contribution in [2.45, 2.75) is 32.1 Å². The molecule has 6 nitrogen and oxygen atoms in total. The van der Waals surface area contributed by atoms with Crippen LogP contribution >= 0.6 is 0 Å². The number of fused-ring (bicyclic) bond motifs is 1. The molecule has 0 bridgehead atoms. The van der Waals surface area contributed by atoms with E-state index in [1.165, 1.54) is 16.5 Å². The van der Waals surface area contributed by atoms with Crippen molar-refractivity contribution in [3.05, 3.63) is 75.3 Å². The van der Waals surface area contributed by atoms with Gasteiger partial charge in [0.2, 0.25) is 0 Å². The smallest absolute Gasteiger partial charge is 0.269 e. The predicted molar refractivity (Wildman–Crippen MR) is 99.0 cm³/mol. The first-order chi connectivity index (χ1) is 12.3. The first kappa shape index (κ1) is 18.3. The maximum Gasteiger partial charge on any atom is 0.296 e. The Kier molecular flexibility index (Phi) is 4.93. The lowest BCUT2D eigenvalue weighted by atomic mass is 10.1. The average Bonchev–Trinajstić information content (AvgIpc) is 2.58. The molecule has 0 saturated carbocycles. The van der Waals surface area contributed by atoms with Crippen molar-refractivity contribution in [1.82, 2.24) is 9.38 Å². The molecule has 0 N–H and O–H groups in total. The summed E-state index contributed by atoms with van der Waals surface area (Å²) in [4.78, 5) is 17.2. The lowest BCUT2D eigenvalue weighted by Crippen LogP contribution is -2.23. The summed E-state index contributed by atoms with van der Waals surface area (Å²) in [6.07, 6.45) is 1.84. The van der Waals surface area contributed by atoms with E-state index in [0.717, 1.165) is 11.1 Å². The molecule has 26 heavy (non-hydrogen) atoms. The Hall–Kier alpha value is -2.51. The van der Waals surface area contributed by atoms with Crippen LogP contribution in [0.1, 0.15) is 22.4 Å². The molecule has 0 fully saturated rings. The lowest BCUT2D eigenvalue weighted by molar-refractivity contribution is 0.321. The predicted octanol–water partition coefficient (Wildman–Crippen LogP) is 2.57. The SMILES string of the molecule is Cc1ccc(S(=O)(=O)OCCc2c(C)nc3cc(C)ccn3c2=O)cc1. The van der Waals surface area contributed by atoms with Crippen LogP contribution < -0.4 is 5.56 Å². The monoisotopic (exact) mass is 372 g/mol. The summed E-state index contributed by atoms with van der Waals surface area (Å²) >= 11 is 0. The second-order valence-corrected chi connectivity index (χ2v) is 7.87. The minimum atomic E-state index is -3.85. The van der Waals surface area contributed by atoms with Gasteiger partial charge in [-0.2, -0.15) is 8.42 Å². The molecule has 0 atom stereocenters. The molecule has 2 heterocycles. The Balaban J connectivity index is 1.81. The molecule has 3 rings (SSSR count).